The van der Waals surface area contributed by atoms with E-state index in [4.69, 9.17) is 10.8 Å². The molecule has 4 N–H and O–H groups in total. The average molecular weight is 306 g/mol. The van der Waals surface area contributed by atoms with Gasteiger partial charge in [0.2, 0.25) is 5.91 Å². The fourth-order valence-corrected chi connectivity index (χ4v) is 2.20. The zero-order valence-electron chi connectivity index (χ0n) is 11.9. The Hall–Kier alpha value is -1.28. The van der Waals surface area contributed by atoms with Crippen LogP contribution in [0, 0.1) is 5.92 Å². The summed E-state index contributed by atoms with van der Waals surface area (Å²) in [5.74, 6) is -1.52. The normalized spacial score (nSPS) is 13.7. The van der Waals surface area contributed by atoms with E-state index in [-0.39, 0.29) is 23.3 Å². The molecule has 8 heteroatoms. The Kier molecular flexibility index (Phi) is 8.98. The van der Waals surface area contributed by atoms with Crippen molar-refractivity contribution in [2.45, 2.75) is 32.4 Å². The lowest BCUT2D eigenvalue weighted by Crippen LogP contribution is -2.43. The molecule has 0 bridgehead atoms. The van der Waals surface area contributed by atoms with Crippen LogP contribution in [-0.4, -0.2) is 53.7 Å². The monoisotopic (exact) mass is 306 g/mol. The zero-order valence-corrected chi connectivity index (χ0v) is 12.7. The Bertz CT molecular complexity index is 349. The van der Waals surface area contributed by atoms with Gasteiger partial charge in [0.15, 0.2) is 0 Å². The molecule has 0 radical (unpaired) electrons. The summed E-state index contributed by atoms with van der Waals surface area (Å²) in [4.78, 5) is 33.7. The first kappa shape index (κ1) is 18.7. The maximum absolute atomic E-state index is 11.7. The van der Waals surface area contributed by atoms with E-state index in [0.29, 0.717) is 6.42 Å². The largest absolute Gasteiger partial charge is 0.480 e. The van der Waals surface area contributed by atoms with Gasteiger partial charge in [-0.15, -0.1) is 11.8 Å². The first-order valence-electron chi connectivity index (χ1n) is 6.21. The number of carbonyl (C=O) groups excluding carboxylic acids is 2. The summed E-state index contributed by atoms with van der Waals surface area (Å²) in [5, 5.41) is 11.2. The van der Waals surface area contributed by atoms with Crippen molar-refractivity contribution in [2.24, 2.45) is 11.7 Å². The standard InChI is InChI=1S/C12H22N2O5S/c1-7(2)4-9(12(18)19-3)14-10(15)6-20-5-8(13)11(16)17/h7-9H,4-6,13H2,1-3H3,(H,14,15)(H,16,17)/t8-,9?/m1/s1. The smallest absolute Gasteiger partial charge is 0.328 e. The molecule has 1 unspecified atom stereocenters. The van der Waals surface area contributed by atoms with E-state index in [1.165, 1.54) is 7.11 Å². The van der Waals surface area contributed by atoms with Crippen LogP contribution in [0.1, 0.15) is 20.3 Å². The Morgan fingerprint density at radius 1 is 1.35 bits per heavy atom. The van der Waals surface area contributed by atoms with Crippen LogP contribution in [0.3, 0.4) is 0 Å². The number of thioether (sulfide) groups is 1. The first-order chi connectivity index (χ1) is 9.27. The fraction of sp³-hybridized carbons (Fsp3) is 0.750. The lowest BCUT2D eigenvalue weighted by molar-refractivity contribution is -0.145. The summed E-state index contributed by atoms with van der Waals surface area (Å²) in [7, 11) is 1.27. The van der Waals surface area contributed by atoms with Crippen LogP contribution in [0.25, 0.3) is 0 Å². The number of esters is 1. The molecule has 0 aliphatic rings. The average Bonchev–Trinajstić information content (AvgIpc) is 2.36. The minimum absolute atomic E-state index is 0.0482. The van der Waals surface area contributed by atoms with Crippen molar-refractivity contribution in [3.8, 4) is 0 Å². The number of carboxylic acids is 1. The minimum atomic E-state index is -1.11. The van der Waals surface area contributed by atoms with Crippen LogP contribution >= 0.6 is 11.8 Å². The molecule has 0 aliphatic carbocycles. The third-order valence-corrected chi connectivity index (χ3v) is 3.44. The van der Waals surface area contributed by atoms with Crippen molar-refractivity contribution in [1.29, 1.82) is 0 Å². The molecule has 0 saturated heterocycles. The van der Waals surface area contributed by atoms with Gasteiger partial charge < -0.3 is 20.9 Å². The molecule has 7 nitrogen and oxygen atoms in total. The summed E-state index contributed by atoms with van der Waals surface area (Å²) in [6.45, 7) is 3.87. The van der Waals surface area contributed by atoms with Crippen LogP contribution in [0.5, 0.6) is 0 Å². The van der Waals surface area contributed by atoms with Gasteiger partial charge in [0.1, 0.15) is 12.1 Å². The molecule has 0 rings (SSSR count). The second kappa shape index (κ2) is 9.60. The number of ether oxygens (including phenoxy) is 1. The van der Waals surface area contributed by atoms with E-state index >= 15 is 0 Å². The van der Waals surface area contributed by atoms with Gasteiger partial charge in [-0.3, -0.25) is 9.59 Å². The summed E-state index contributed by atoms with van der Waals surface area (Å²) in [5.41, 5.74) is 5.31. The number of aliphatic carboxylic acids is 1. The van der Waals surface area contributed by atoms with Gasteiger partial charge in [-0.05, 0) is 12.3 Å². The van der Waals surface area contributed by atoms with E-state index in [1.807, 2.05) is 13.8 Å². The maximum atomic E-state index is 11.7. The Morgan fingerprint density at radius 2 is 1.95 bits per heavy atom. The second-order valence-electron chi connectivity index (χ2n) is 4.73. The Morgan fingerprint density at radius 3 is 2.40 bits per heavy atom. The summed E-state index contributed by atoms with van der Waals surface area (Å²) in [6.07, 6.45) is 0.484. The van der Waals surface area contributed by atoms with E-state index in [1.54, 1.807) is 0 Å². The van der Waals surface area contributed by atoms with Gasteiger partial charge in [0.25, 0.3) is 0 Å². The first-order valence-corrected chi connectivity index (χ1v) is 7.36. The number of carboxylic acid groups (broad SMARTS) is 1. The number of rotatable bonds is 9. The predicted octanol–water partition coefficient (Wildman–Crippen LogP) is -0.165. The number of nitrogens with two attached hydrogens (primary N) is 1. The molecular weight excluding hydrogens is 284 g/mol. The van der Waals surface area contributed by atoms with Crippen molar-refractivity contribution < 1.29 is 24.2 Å². The molecule has 2 atom stereocenters. The van der Waals surface area contributed by atoms with Crippen molar-refractivity contribution in [3.63, 3.8) is 0 Å². The summed E-state index contributed by atoms with van der Waals surface area (Å²) >= 11 is 1.11. The number of hydrogen-bond acceptors (Lipinski definition) is 6. The molecule has 0 saturated carbocycles. The van der Waals surface area contributed by atoms with Crippen molar-refractivity contribution in [3.05, 3.63) is 0 Å². The molecule has 0 heterocycles. The number of carbonyl (C=O) groups is 3. The van der Waals surface area contributed by atoms with Crippen LogP contribution < -0.4 is 11.1 Å². The summed E-state index contributed by atoms with van der Waals surface area (Å²) < 4.78 is 4.63. The minimum Gasteiger partial charge on any atom is -0.480 e. The lowest BCUT2D eigenvalue weighted by atomic mass is 10.0. The molecule has 0 fully saturated rings. The highest BCUT2D eigenvalue weighted by atomic mass is 32.2. The highest BCUT2D eigenvalue weighted by molar-refractivity contribution is 8.00. The van der Waals surface area contributed by atoms with Crippen LogP contribution in [0.15, 0.2) is 0 Å². The van der Waals surface area contributed by atoms with Crippen LogP contribution in [0.4, 0.5) is 0 Å². The van der Waals surface area contributed by atoms with Crippen LogP contribution in [0.2, 0.25) is 0 Å². The Balaban J connectivity index is 4.19. The molecule has 0 aromatic heterocycles. The fourth-order valence-electron chi connectivity index (χ4n) is 1.41. The van der Waals surface area contributed by atoms with Gasteiger partial charge in [0, 0.05) is 5.75 Å². The highest BCUT2D eigenvalue weighted by Gasteiger charge is 2.22. The molecule has 116 valence electrons. The topological polar surface area (TPSA) is 119 Å². The van der Waals surface area contributed by atoms with Crippen molar-refractivity contribution >= 4 is 29.6 Å². The van der Waals surface area contributed by atoms with Gasteiger partial charge in [-0.1, -0.05) is 13.8 Å². The summed E-state index contributed by atoms with van der Waals surface area (Å²) in [6, 6.07) is -1.68. The highest BCUT2D eigenvalue weighted by Crippen LogP contribution is 2.07. The molecule has 0 aromatic rings. The number of hydrogen-bond donors (Lipinski definition) is 3. The number of amides is 1. The molecule has 0 spiro atoms. The van der Waals surface area contributed by atoms with Gasteiger partial charge in [-0.25, -0.2) is 4.79 Å². The predicted molar refractivity (Wildman–Crippen MR) is 76.3 cm³/mol. The molecule has 0 aliphatic heterocycles. The zero-order chi connectivity index (χ0) is 15.7. The van der Waals surface area contributed by atoms with Crippen LogP contribution in [-0.2, 0) is 19.1 Å². The van der Waals surface area contributed by atoms with Gasteiger partial charge in [0.05, 0.1) is 12.9 Å². The van der Waals surface area contributed by atoms with Gasteiger partial charge >= 0.3 is 11.9 Å². The lowest BCUT2D eigenvalue weighted by Gasteiger charge is -2.18. The molecule has 20 heavy (non-hydrogen) atoms. The van der Waals surface area contributed by atoms with Gasteiger partial charge in [-0.2, -0.15) is 0 Å². The third kappa shape index (κ3) is 8.00. The number of methoxy groups -OCH3 is 1. The quantitative estimate of drug-likeness (QED) is 0.506. The third-order valence-electron chi connectivity index (χ3n) is 2.38. The van der Waals surface area contributed by atoms with E-state index in [9.17, 15) is 14.4 Å². The van der Waals surface area contributed by atoms with Crippen molar-refractivity contribution in [1.82, 2.24) is 5.32 Å². The second-order valence-corrected chi connectivity index (χ2v) is 5.76. The Labute approximate surface area is 122 Å². The SMILES string of the molecule is COC(=O)C(CC(C)C)NC(=O)CSC[C@@H](N)C(=O)O. The van der Waals surface area contributed by atoms with Crippen molar-refractivity contribution in [2.75, 3.05) is 18.6 Å². The maximum Gasteiger partial charge on any atom is 0.328 e. The van der Waals surface area contributed by atoms with E-state index in [0.717, 1.165) is 11.8 Å². The van der Waals surface area contributed by atoms with E-state index < -0.39 is 24.0 Å². The van der Waals surface area contributed by atoms with E-state index in [2.05, 4.69) is 10.1 Å². The molecular formula is C12H22N2O5S. The molecule has 1 amide bonds. The number of nitrogens with one attached hydrogen (secondary N) is 1. The molecule has 0 aromatic carbocycles.